The first-order valence-corrected chi connectivity index (χ1v) is 7.25. The fourth-order valence-corrected chi connectivity index (χ4v) is 2.89. The number of aromatic nitrogens is 1. The van der Waals surface area contributed by atoms with Gasteiger partial charge in [-0.3, -0.25) is 19.3 Å². The van der Waals surface area contributed by atoms with Gasteiger partial charge in [0.2, 0.25) is 0 Å². The summed E-state index contributed by atoms with van der Waals surface area (Å²) in [4.78, 5) is 37.4. The first-order valence-electron chi connectivity index (χ1n) is 6.50. The molecule has 0 saturated heterocycles. The van der Waals surface area contributed by atoms with Crippen molar-refractivity contribution in [1.82, 2.24) is 9.47 Å². The Morgan fingerprint density at radius 3 is 2.09 bits per heavy atom. The molecule has 5 nitrogen and oxygen atoms in total. The monoisotopic (exact) mass is 336 g/mol. The Balaban J connectivity index is 1.83. The molecule has 7 heteroatoms. The quantitative estimate of drug-likeness (QED) is 0.809. The van der Waals surface area contributed by atoms with Gasteiger partial charge in [0.25, 0.3) is 17.4 Å². The van der Waals surface area contributed by atoms with Crippen molar-refractivity contribution in [3.63, 3.8) is 0 Å². The van der Waals surface area contributed by atoms with Gasteiger partial charge in [0.05, 0.1) is 16.1 Å². The molecular formula is C15H10Cl2N2O3. The Bertz CT molecular complexity index is 810. The van der Waals surface area contributed by atoms with Gasteiger partial charge in [-0.05, 0) is 18.2 Å². The molecule has 112 valence electrons. The van der Waals surface area contributed by atoms with E-state index in [0.717, 1.165) is 4.90 Å². The molecule has 0 aliphatic carbocycles. The van der Waals surface area contributed by atoms with Gasteiger partial charge >= 0.3 is 0 Å². The van der Waals surface area contributed by atoms with Crippen LogP contribution in [0.15, 0.2) is 41.3 Å². The lowest BCUT2D eigenvalue weighted by molar-refractivity contribution is 0.0648. The fraction of sp³-hybridized carbons (Fsp3) is 0.133. The Morgan fingerprint density at radius 1 is 0.909 bits per heavy atom. The number of hydrogen-bond donors (Lipinski definition) is 0. The van der Waals surface area contributed by atoms with Crippen molar-refractivity contribution >= 4 is 35.0 Å². The van der Waals surface area contributed by atoms with Crippen LogP contribution in [-0.4, -0.2) is 27.8 Å². The molecule has 0 fully saturated rings. The molecule has 2 amide bonds. The second-order valence-electron chi connectivity index (χ2n) is 4.81. The fourth-order valence-electron chi connectivity index (χ4n) is 2.38. The zero-order chi connectivity index (χ0) is 15.9. The third-order valence-corrected chi connectivity index (χ3v) is 3.93. The average Bonchev–Trinajstić information content (AvgIpc) is 2.74. The van der Waals surface area contributed by atoms with Crippen molar-refractivity contribution in [1.29, 1.82) is 0 Å². The molecule has 0 saturated carbocycles. The van der Waals surface area contributed by atoms with Gasteiger partial charge in [-0.2, -0.15) is 0 Å². The van der Waals surface area contributed by atoms with E-state index in [1.165, 1.54) is 16.8 Å². The summed E-state index contributed by atoms with van der Waals surface area (Å²) < 4.78 is 1.29. The van der Waals surface area contributed by atoms with Gasteiger partial charge in [0.1, 0.15) is 5.02 Å². The molecule has 0 atom stereocenters. The van der Waals surface area contributed by atoms with Crippen LogP contribution in [-0.2, 0) is 6.54 Å². The van der Waals surface area contributed by atoms with E-state index in [0.29, 0.717) is 16.1 Å². The standard InChI is InChI=1S/C15H10Cl2N2O3/c16-9-7-12(17)15(22)18(8-9)5-6-19-13(20)10-3-1-2-4-11(10)14(19)21/h1-4,7-8H,5-6H2. The van der Waals surface area contributed by atoms with Gasteiger partial charge in [-0.25, -0.2) is 0 Å². The van der Waals surface area contributed by atoms with Crippen LogP contribution in [0, 0.1) is 0 Å². The Kier molecular flexibility index (Phi) is 3.76. The number of benzene rings is 1. The van der Waals surface area contributed by atoms with Crippen molar-refractivity contribution in [2.45, 2.75) is 6.54 Å². The lowest BCUT2D eigenvalue weighted by atomic mass is 10.1. The number of fused-ring (bicyclic) bond motifs is 1. The van der Waals surface area contributed by atoms with E-state index in [2.05, 4.69) is 0 Å². The van der Waals surface area contributed by atoms with Crippen molar-refractivity contribution in [3.8, 4) is 0 Å². The number of carbonyl (C=O) groups is 2. The zero-order valence-electron chi connectivity index (χ0n) is 11.3. The molecule has 1 aliphatic heterocycles. The Hall–Kier alpha value is -2.11. The van der Waals surface area contributed by atoms with Crippen LogP contribution in [0.25, 0.3) is 0 Å². The minimum Gasteiger partial charge on any atom is -0.311 e. The summed E-state index contributed by atoms with van der Waals surface area (Å²) in [5, 5.41) is 0.307. The summed E-state index contributed by atoms with van der Waals surface area (Å²) in [5.41, 5.74) is 0.343. The highest BCUT2D eigenvalue weighted by atomic mass is 35.5. The number of carbonyl (C=O) groups excluding carboxylic acids is 2. The van der Waals surface area contributed by atoms with E-state index >= 15 is 0 Å². The van der Waals surface area contributed by atoms with Crippen molar-refractivity contribution < 1.29 is 9.59 Å². The van der Waals surface area contributed by atoms with E-state index < -0.39 is 5.56 Å². The number of rotatable bonds is 3. The molecule has 1 aliphatic rings. The number of hydrogen-bond acceptors (Lipinski definition) is 3. The number of pyridine rings is 1. The maximum absolute atomic E-state index is 12.2. The van der Waals surface area contributed by atoms with E-state index in [-0.39, 0.29) is 29.9 Å². The maximum Gasteiger partial charge on any atom is 0.269 e. The number of nitrogens with zero attached hydrogens (tertiary/aromatic N) is 2. The van der Waals surface area contributed by atoms with Crippen LogP contribution in [0.4, 0.5) is 0 Å². The molecule has 2 heterocycles. The lowest BCUT2D eigenvalue weighted by Gasteiger charge is -2.15. The summed E-state index contributed by atoms with van der Waals surface area (Å²) in [6.07, 6.45) is 1.42. The van der Waals surface area contributed by atoms with Crippen molar-refractivity contribution in [3.05, 3.63) is 68.1 Å². The van der Waals surface area contributed by atoms with Crippen LogP contribution >= 0.6 is 23.2 Å². The predicted molar refractivity (Wildman–Crippen MR) is 82.5 cm³/mol. The van der Waals surface area contributed by atoms with Crippen LogP contribution in [0.3, 0.4) is 0 Å². The third kappa shape index (κ3) is 2.42. The second kappa shape index (κ2) is 5.59. The van der Waals surface area contributed by atoms with Crippen molar-refractivity contribution in [2.24, 2.45) is 0 Å². The average molecular weight is 337 g/mol. The van der Waals surface area contributed by atoms with E-state index in [9.17, 15) is 14.4 Å². The number of halogens is 2. The molecule has 1 aromatic carbocycles. The molecule has 1 aromatic heterocycles. The highest BCUT2D eigenvalue weighted by molar-refractivity contribution is 6.34. The molecule has 3 rings (SSSR count). The summed E-state index contributed by atoms with van der Waals surface area (Å²) in [5.74, 6) is -0.719. The maximum atomic E-state index is 12.2. The van der Waals surface area contributed by atoms with Crippen LogP contribution < -0.4 is 5.56 Å². The van der Waals surface area contributed by atoms with Crippen LogP contribution in [0.5, 0.6) is 0 Å². The van der Waals surface area contributed by atoms with Gasteiger partial charge in [0.15, 0.2) is 0 Å². The van der Waals surface area contributed by atoms with Gasteiger partial charge in [0, 0.05) is 19.3 Å². The number of imide groups is 1. The molecule has 0 unspecified atom stereocenters. The predicted octanol–water partition coefficient (Wildman–Crippen LogP) is 2.45. The van der Waals surface area contributed by atoms with Gasteiger partial charge < -0.3 is 4.57 Å². The summed E-state index contributed by atoms with van der Waals surface area (Å²) >= 11 is 11.6. The molecule has 2 aromatic rings. The lowest BCUT2D eigenvalue weighted by Crippen LogP contribution is -2.35. The molecule has 0 bridgehead atoms. The third-order valence-electron chi connectivity index (χ3n) is 3.45. The molecule has 0 spiro atoms. The smallest absolute Gasteiger partial charge is 0.269 e. The normalized spacial score (nSPS) is 13.6. The first kappa shape index (κ1) is 14.8. The van der Waals surface area contributed by atoms with Crippen LogP contribution in [0.2, 0.25) is 10.0 Å². The highest BCUT2D eigenvalue weighted by Crippen LogP contribution is 2.22. The Morgan fingerprint density at radius 2 is 1.50 bits per heavy atom. The molecule has 0 radical (unpaired) electrons. The van der Waals surface area contributed by atoms with E-state index in [1.54, 1.807) is 24.3 Å². The highest BCUT2D eigenvalue weighted by Gasteiger charge is 2.34. The van der Waals surface area contributed by atoms with E-state index in [1.807, 2.05) is 0 Å². The first-order chi connectivity index (χ1) is 10.5. The van der Waals surface area contributed by atoms with E-state index in [4.69, 9.17) is 23.2 Å². The minimum atomic E-state index is -0.414. The SMILES string of the molecule is O=C1c2ccccc2C(=O)N1CCn1cc(Cl)cc(Cl)c1=O. The zero-order valence-corrected chi connectivity index (χ0v) is 12.8. The summed E-state index contributed by atoms with van der Waals surface area (Å²) in [6.45, 7) is 0.202. The van der Waals surface area contributed by atoms with Gasteiger partial charge in [-0.15, -0.1) is 0 Å². The summed E-state index contributed by atoms with van der Waals surface area (Å²) in [7, 11) is 0. The topological polar surface area (TPSA) is 59.4 Å². The second-order valence-corrected chi connectivity index (χ2v) is 5.66. The molecule has 22 heavy (non-hydrogen) atoms. The Labute approximate surface area is 135 Å². The largest absolute Gasteiger partial charge is 0.311 e. The number of amides is 2. The molecular weight excluding hydrogens is 327 g/mol. The van der Waals surface area contributed by atoms with Crippen LogP contribution in [0.1, 0.15) is 20.7 Å². The molecule has 0 N–H and O–H groups in total. The minimum absolute atomic E-state index is 0.00476. The van der Waals surface area contributed by atoms with Crippen molar-refractivity contribution in [2.75, 3.05) is 6.54 Å². The van der Waals surface area contributed by atoms with Gasteiger partial charge in [-0.1, -0.05) is 35.3 Å². The summed E-state index contributed by atoms with van der Waals surface area (Å²) in [6, 6.07) is 7.98.